The SMILES string of the molecule is Cc1ccc(C)c(Cc2cc(F)c(O)c(C3CCCCC3)n2)c1C. The third-order valence-corrected chi connectivity index (χ3v) is 5.48. The summed E-state index contributed by atoms with van der Waals surface area (Å²) >= 11 is 0. The maximum absolute atomic E-state index is 14.3. The fourth-order valence-corrected chi connectivity index (χ4v) is 3.79. The number of nitrogens with zero attached hydrogens (tertiary/aromatic N) is 1. The minimum Gasteiger partial charge on any atom is -0.504 e. The van der Waals surface area contributed by atoms with E-state index in [0.717, 1.165) is 25.7 Å². The second-order valence-corrected chi connectivity index (χ2v) is 7.14. The fraction of sp³-hybridized carbons (Fsp3) is 0.476. The van der Waals surface area contributed by atoms with Gasteiger partial charge >= 0.3 is 0 Å². The van der Waals surface area contributed by atoms with Gasteiger partial charge in [0.05, 0.1) is 5.69 Å². The monoisotopic (exact) mass is 327 g/mol. The Labute approximate surface area is 143 Å². The Morgan fingerprint density at radius 2 is 1.75 bits per heavy atom. The molecule has 24 heavy (non-hydrogen) atoms. The highest BCUT2D eigenvalue weighted by Crippen LogP contribution is 2.37. The molecule has 1 heterocycles. The highest BCUT2D eigenvalue weighted by atomic mass is 19.1. The van der Waals surface area contributed by atoms with E-state index in [0.29, 0.717) is 17.8 Å². The first-order valence-corrected chi connectivity index (χ1v) is 8.91. The van der Waals surface area contributed by atoms with E-state index < -0.39 is 5.82 Å². The van der Waals surface area contributed by atoms with Crippen LogP contribution in [0.4, 0.5) is 4.39 Å². The van der Waals surface area contributed by atoms with Gasteiger partial charge in [-0.1, -0.05) is 31.4 Å². The van der Waals surface area contributed by atoms with Crippen molar-refractivity contribution >= 4 is 0 Å². The fourth-order valence-electron chi connectivity index (χ4n) is 3.79. The van der Waals surface area contributed by atoms with Gasteiger partial charge < -0.3 is 5.11 Å². The Balaban J connectivity index is 1.97. The topological polar surface area (TPSA) is 33.1 Å². The first kappa shape index (κ1) is 16.9. The average Bonchev–Trinajstić information content (AvgIpc) is 2.59. The number of aromatic nitrogens is 1. The zero-order valence-electron chi connectivity index (χ0n) is 14.8. The van der Waals surface area contributed by atoms with Gasteiger partial charge in [0.2, 0.25) is 0 Å². The maximum Gasteiger partial charge on any atom is 0.173 e. The van der Waals surface area contributed by atoms with Gasteiger partial charge in [-0.15, -0.1) is 0 Å². The van der Waals surface area contributed by atoms with Crippen LogP contribution in [0.25, 0.3) is 0 Å². The van der Waals surface area contributed by atoms with Gasteiger partial charge in [0.25, 0.3) is 0 Å². The Hall–Kier alpha value is -1.90. The highest BCUT2D eigenvalue weighted by Gasteiger charge is 2.23. The zero-order valence-corrected chi connectivity index (χ0v) is 14.8. The summed E-state index contributed by atoms with van der Waals surface area (Å²) in [5, 5.41) is 10.2. The third-order valence-electron chi connectivity index (χ3n) is 5.48. The Kier molecular flexibility index (Phi) is 4.88. The molecule has 1 saturated carbocycles. The predicted molar refractivity (Wildman–Crippen MR) is 95.1 cm³/mol. The van der Waals surface area contributed by atoms with Crippen molar-refractivity contribution in [3.05, 3.63) is 57.7 Å². The number of benzene rings is 1. The van der Waals surface area contributed by atoms with Crippen molar-refractivity contribution in [1.29, 1.82) is 0 Å². The molecule has 0 radical (unpaired) electrons. The van der Waals surface area contributed by atoms with Crippen molar-refractivity contribution < 1.29 is 9.50 Å². The van der Waals surface area contributed by atoms with Crippen molar-refractivity contribution in [2.45, 2.75) is 65.2 Å². The summed E-state index contributed by atoms with van der Waals surface area (Å²) in [6.45, 7) is 6.29. The largest absolute Gasteiger partial charge is 0.504 e. The molecule has 0 unspecified atom stereocenters. The average molecular weight is 327 g/mol. The van der Waals surface area contributed by atoms with Gasteiger partial charge in [-0.3, -0.25) is 4.98 Å². The first-order valence-electron chi connectivity index (χ1n) is 8.91. The Bertz CT molecular complexity index is 748. The van der Waals surface area contributed by atoms with E-state index in [4.69, 9.17) is 0 Å². The van der Waals surface area contributed by atoms with Crippen molar-refractivity contribution in [2.75, 3.05) is 0 Å². The van der Waals surface area contributed by atoms with Crippen LogP contribution in [-0.2, 0) is 6.42 Å². The van der Waals surface area contributed by atoms with Gasteiger partial charge in [0.1, 0.15) is 0 Å². The molecule has 128 valence electrons. The minimum atomic E-state index is -0.538. The van der Waals surface area contributed by atoms with Crippen molar-refractivity contribution in [3.8, 4) is 5.75 Å². The molecule has 0 atom stereocenters. The normalized spacial score (nSPS) is 15.7. The zero-order chi connectivity index (χ0) is 17.3. The van der Waals surface area contributed by atoms with Crippen molar-refractivity contribution in [3.63, 3.8) is 0 Å². The number of aromatic hydroxyl groups is 1. The van der Waals surface area contributed by atoms with E-state index in [1.807, 2.05) is 0 Å². The minimum absolute atomic E-state index is 0.188. The van der Waals surface area contributed by atoms with E-state index in [1.165, 1.54) is 34.7 Å². The maximum atomic E-state index is 14.3. The lowest BCUT2D eigenvalue weighted by Gasteiger charge is -2.22. The molecule has 0 spiro atoms. The summed E-state index contributed by atoms with van der Waals surface area (Å²) in [6.07, 6.45) is 6.08. The molecule has 1 N–H and O–H groups in total. The molecule has 1 aliphatic carbocycles. The summed E-state index contributed by atoms with van der Waals surface area (Å²) in [6, 6.07) is 5.62. The summed E-state index contributed by atoms with van der Waals surface area (Å²) in [5.41, 5.74) is 6.16. The van der Waals surface area contributed by atoms with Crippen LogP contribution in [0, 0.1) is 26.6 Å². The van der Waals surface area contributed by atoms with Crippen LogP contribution in [0.5, 0.6) is 5.75 Å². The molecule has 0 bridgehead atoms. The van der Waals surface area contributed by atoms with Crippen LogP contribution in [0.3, 0.4) is 0 Å². The van der Waals surface area contributed by atoms with Gasteiger partial charge in [0.15, 0.2) is 11.6 Å². The Morgan fingerprint density at radius 1 is 1.08 bits per heavy atom. The lowest BCUT2D eigenvalue weighted by molar-refractivity contribution is 0.384. The van der Waals surface area contributed by atoms with Gasteiger partial charge in [0, 0.05) is 18.0 Å². The lowest BCUT2D eigenvalue weighted by Crippen LogP contribution is -2.10. The van der Waals surface area contributed by atoms with Crippen molar-refractivity contribution in [2.24, 2.45) is 0 Å². The van der Waals surface area contributed by atoms with Crippen LogP contribution < -0.4 is 0 Å². The smallest absolute Gasteiger partial charge is 0.173 e. The van der Waals surface area contributed by atoms with Gasteiger partial charge in [-0.2, -0.15) is 0 Å². The quantitative estimate of drug-likeness (QED) is 0.808. The molecule has 1 aromatic heterocycles. The predicted octanol–water partition coefficient (Wildman–Crippen LogP) is 5.49. The molecule has 1 aliphatic rings. The van der Waals surface area contributed by atoms with Gasteiger partial charge in [-0.25, -0.2) is 4.39 Å². The van der Waals surface area contributed by atoms with Crippen LogP contribution in [0.2, 0.25) is 0 Å². The molecule has 3 heteroatoms. The van der Waals surface area contributed by atoms with E-state index in [-0.39, 0.29) is 11.7 Å². The van der Waals surface area contributed by atoms with E-state index >= 15 is 0 Å². The summed E-state index contributed by atoms with van der Waals surface area (Å²) < 4.78 is 14.3. The van der Waals surface area contributed by atoms with Crippen molar-refractivity contribution in [1.82, 2.24) is 4.98 Å². The number of aryl methyl sites for hydroxylation is 2. The second kappa shape index (κ2) is 6.92. The summed E-state index contributed by atoms with van der Waals surface area (Å²) in [4.78, 5) is 4.67. The molecule has 0 aliphatic heterocycles. The summed E-state index contributed by atoms with van der Waals surface area (Å²) in [7, 11) is 0. The number of halogens is 1. The van der Waals surface area contributed by atoms with E-state index in [2.05, 4.69) is 37.9 Å². The number of rotatable bonds is 3. The van der Waals surface area contributed by atoms with Crippen LogP contribution >= 0.6 is 0 Å². The number of pyridine rings is 1. The molecule has 2 aromatic rings. The lowest BCUT2D eigenvalue weighted by atomic mass is 9.86. The first-order chi connectivity index (χ1) is 11.5. The molecule has 2 nitrogen and oxygen atoms in total. The van der Waals surface area contributed by atoms with Crippen LogP contribution in [0.15, 0.2) is 18.2 Å². The second-order valence-electron chi connectivity index (χ2n) is 7.14. The molecular formula is C21H26FNO. The number of hydrogen-bond acceptors (Lipinski definition) is 2. The van der Waals surface area contributed by atoms with Crippen LogP contribution in [0.1, 0.15) is 71.7 Å². The highest BCUT2D eigenvalue weighted by molar-refractivity contribution is 5.42. The molecular weight excluding hydrogens is 301 g/mol. The van der Waals surface area contributed by atoms with Gasteiger partial charge in [-0.05, 0) is 61.9 Å². The van der Waals surface area contributed by atoms with E-state index in [1.54, 1.807) is 0 Å². The summed E-state index contributed by atoms with van der Waals surface area (Å²) in [5.74, 6) is -0.597. The molecule has 0 saturated heterocycles. The van der Waals surface area contributed by atoms with Crippen LogP contribution in [-0.4, -0.2) is 10.1 Å². The van der Waals surface area contributed by atoms with E-state index in [9.17, 15) is 9.50 Å². The molecule has 3 rings (SSSR count). The molecule has 1 fully saturated rings. The standard InChI is InChI=1S/C21H26FNO/c1-13-9-10-14(2)18(15(13)3)11-17-12-19(22)21(24)20(23-17)16-7-5-4-6-8-16/h9-10,12,16,24H,4-8,11H2,1-3H3. The number of hydrogen-bond donors (Lipinski definition) is 1. The molecule has 1 aromatic carbocycles. The Morgan fingerprint density at radius 3 is 2.46 bits per heavy atom. The third kappa shape index (κ3) is 3.31. The molecule has 0 amide bonds.